The first-order valence-corrected chi connectivity index (χ1v) is 8.22. The lowest BCUT2D eigenvalue weighted by molar-refractivity contribution is 0.893. The molecule has 0 atom stereocenters. The number of benzene rings is 2. The lowest BCUT2D eigenvalue weighted by Gasteiger charge is -2.09. The summed E-state index contributed by atoms with van der Waals surface area (Å²) in [6.45, 7) is 6.27. The van der Waals surface area contributed by atoms with Crippen LogP contribution < -0.4 is 5.32 Å². The molecule has 0 radical (unpaired) electrons. The summed E-state index contributed by atoms with van der Waals surface area (Å²) >= 11 is 0. The molecule has 124 valence electrons. The first kappa shape index (κ1) is 15.3. The van der Waals surface area contributed by atoms with Gasteiger partial charge in [-0.2, -0.15) is 5.10 Å². The third-order valence-electron chi connectivity index (χ3n) is 4.50. The van der Waals surface area contributed by atoms with E-state index >= 15 is 0 Å². The van der Waals surface area contributed by atoms with Gasteiger partial charge in [-0.3, -0.25) is 0 Å². The molecule has 2 aromatic heterocycles. The zero-order valence-electron chi connectivity index (χ0n) is 14.5. The zero-order chi connectivity index (χ0) is 17.4. The number of aromatic nitrogens is 4. The number of para-hydroxylation sites is 1. The number of nitrogens with one attached hydrogen (secondary N) is 1. The summed E-state index contributed by atoms with van der Waals surface area (Å²) in [5.74, 6) is 0.759. The summed E-state index contributed by atoms with van der Waals surface area (Å²) in [7, 11) is 0. The highest BCUT2D eigenvalue weighted by Gasteiger charge is 2.12. The second kappa shape index (κ2) is 6.02. The van der Waals surface area contributed by atoms with Crippen LogP contribution in [0.4, 0.5) is 11.5 Å². The predicted molar refractivity (Wildman–Crippen MR) is 101 cm³/mol. The van der Waals surface area contributed by atoms with E-state index in [9.17, 15) is 0 Å². The minimum atomic E-state index is 0.759. The molecule has 0 unspecified atom stereocenters. The molecule has 0 amide bonds. The van der Waals surface area contributed by atoms with Gasteiger partial charge in [0, 0.05) is 5.69 Å². The highest BCUT2D eigenvalue weighted by atomic mass is 15.3. The molecule has 2 aromatic carbocycles. The molecule has 0 aliphatic heterocycles. The van der Waals surface area contributed by atoms with Crippen LogP contribution in [0.25, 0.3) is 16.7 Å². The van der Waals surface area contributed by atoms with Gasteiger partial charge in [0.15, 0.2) is 5.65 Å². The summed E-state index contributed by atoms with van der Waals surface area (Å²) in [6.07, 6.45) is 3.38. The Balaban J connectivity index is 1.80. The van der Waals surface area contributed by atoms with Crippen LogP contribution >= 0.6 is 0 Å². The van der Waals surface area contributed by atoms with E-state index < -0.39 is 0 Å². The first-order chi connectivity index (χ1) is 12.1. The standard InChI is InChI=1S/C20H19N5/c1-13-8-9-16(10-15(13)3)25-20-17(11-23-25)19(21-12-22-20)24-18-7-5-4-6-14(18)2/h4-12H,1-3H3,(H,21,22,24). The third-order valence-corrected chi connectivity index (χ3v) is 4.50. The van der Waals surface area contributed by atoms with E-state index in [0.29, 0.717) is 0 Å². The molecule has 5 nitrogen and oxygen atoms in total. The van der Waals surface area contributed by atoms with Crippen LogP contribution in [0.5, 0.6) is 0 Å². The fourth-order valence-corrected chi connectivity index (χ4v) is 2.83. The lowest BCUT2D eigenvalue weighted by Crippen LogP contribution is -2.00. The molecule has 0 fully saturated rings. The molecule has 0 aliphatic rings. The third kappa shape index (κ3) is 2.74. The average Bonchev–Trinajstić information content (AvgIpc) is 3.04. The van der Waals surface area contributed by atoms with Crippen LogP contribution in [0, 0.1) is 20.8 Å². The lowest BCUT2D eigenvalue weighted by atomic mass is 10.1. The van der Waals surface area contributed by atoms with Gasteiger partial charge in [-0.25, -0.2) is 14.6 Å². The Morgan fingerprint density at radius 2 is 1.72 bits per heavy atom. The van der Waals surface area contributed by atoms with Crippen LogP contribution in [-0.4, -0.2) is 19.7 Å². The molecule has 0 aliphatic carbocycles. The Morgan fingerprint density at radius 1 is 0.880 bits per heavy atom. The van der Waals surface area contributed by atoms with Crippen molar-refractivity contribution in [3.8, 4) is 5.69 Å². The minimum Gasteiger partial charge on any atom is -0.339 e. The van der Waals surface area contributed by atoms with E-state index in [1.807, 2.05) is 29.1 Å². The maximum atomic E-state index is 4.54. The molecule has 0 saturated heterocycles. The van der Waals surface area contributed by atoms with Crippen molar-refractivity contribution in [2.75, 3.05) is 5.32 Å². The van der Waals surface area contributed by atoms with Crippen molar-refractivity contribution in [2.45, 2.75) is 20.8 Å². The smallest absolute Gasteiger partial charge is 0.168 e. The SMILES string of the molecule is Cc1ccc(-n2ncc3c(Nc4ccccc4C)ncnc32)cc1C. The Bertz CT molecular complexity index is 1060. The van der Waals surface area contributed by atoms with E-state index in [1.54, 1.807) is 6.33 Å². The second-order valence-electron chi connectivity index (χ2n) is 6.22. The Morgan fingerprint density at radius 3 is 2.52 bits per heavy atom. The molecule has 5 heteroatoms. The summed E-state index contributed by atoms with van der Waals surface area (Å²) in [4.78, 5) is 8.85. The molecule has 2 heterocycles. The fourth-order valence-electron chi connectivity index (χ4n) is 2.83. The van der Waals surface area contributed by atoms with Gasteiger partial charge in [0.2, 0.25) is 0 Å². The predicted octanol–water partition coefficient (Wildman–Crippen LogP) is 4.48. The van der Waals surface area contributed by atoms with Crippen molar-refractivity contribution >= 4 is 22.5 Å². The van der Waals surface area contributed by atoms with Gasteiger partial charge in [-0.15, -0.1) is 0 Å². The van der Waals surface area contributed by atoms with Gasteiger partial charge in [0.25, 0.3) is 0 Å². The molecule has 25 heavy (non-hydrogen) atoms. The molecule has 4 rings (SSSR count). The molecule has 0 bridgehead atoms. The Hall–Kier alpha value is -3.21. The number of rotatable bonds is 3. The quantitative estimate of drug-likeness (QED) is 0.602. The highest BCUT2D eigenvalue weighted by Crippen LogP contribution is 2.26. The van der Waals surface area contributed by atoms with E-state index in [2.05, 4.69) is 65.4 Å². The monoisotopic (exact) mass is 329 g/mol. The second-order valence-corrected chi connectivity index (χ2v) is 6.22. The van der Waals surface area contributed by atoms with Crippen molar-refractivity contribution < 1.29 is 0 Å². The molecule has 4 aromatic rings. The molecule has 1 N–H and O–H groups in total. The first-order valence-electron chi connectivity index (χ1n) is 8.22. The molecular weight excluding hydrogens is 310 g/mol. The van der Waals surface area contributed by atoms with Crippen LogP contribution in [0.3, 0.4) is 0 Å². The normalized spacial score (nSPS) is 11.0. The Labute approximate surface area is 146 Å². The van der Waals surface area contributed by atoms with Gasteiger partial charge in [-0.05, 0) is 55.7 Å². The van der Waals surface area contributed by atoms with E-state index in [4.69, 9.17) is 0 Å². The summed E-state index contributed by atoms with van der Waals surface area (Å²) in [6, 6.07) is 14.4. The summed E-state index contributed by atoms with van der Waals surface area (Å²) in [5.41, 5.74) is 6.47. The molecular formula is C20H19N5. The zero-order valence-corrected chi connectivity index (χ0v) is 14.5. The van der Waals surface area contributed by atoms with Crippen LogP contribution in [-0.2, 0) is 0 Å². The van der Waals surface area contributed by atoms with Crippen LogP contribution in [0.1, 0.15) is 16.7 Å². The number of nitrogens with zero attached hydrogens (tertiary/aromatic N) is 4. The largest absolute Gasteiger partial charge is 0.339 e. The number of fused-ring (bicyclic) bond motifs is 1. The van der Waals surface area contributed by atoms with E-state index in [1.165, 1.54) is 11.1 Å². The average molecular weight is 329 g/mol. The van der Waals surface area contributed by atoms with Gasteiger partial charge < -0.3 is 5.32 Å². The summed E-state index contributed by atoms with van der Waals surface area (Å²) in [5, 5.41) is 8.82. The Kier molecular flexibility index (Phi) is 3.69. The molecule has 0 spiro atoms. The summed E-state index contributed by atoms with van der Waals surface area (Å²) < 4.78 is 1.85. The number of hydrogen-bond acceptors (Lipinski definition) is 4. The number of anilines is 2. The van der Waals surface area contributed by atoms with Gasteiger partial charge in [0.05, 0.1) is 17.3 Å². The van der Waals surface area contributed by atoms with Gasteiger partial charge in [-0.1, -0.05) is 24.3 Å². The van der Waals surface area contributed by atoms with Crippen molar-refractivity contribution in [1.82, 2.24) is 19.7 Å². The van der Waals surface area contributed by atoms with Crippen LogP contribution in [0.15, 0.2) is 55.0 Å². The topological polar surface area (TPSA) is 55.6 Å². The minimum absolute atomic E-state index is 0.759. The van der Waals surface area contributed by atoms with Gasteiger partial charge >= 0.3 is 0 Å². The van der Waals surface area contributed by atoms with E-state index in [-0.39, 0.29) is 0 Å². The van der Waals surface area contributed by atoms with E-state index in [0.717, 1.165) is 33.8 Å². The van der Waals surface area contributed by atoms with Crippen LogP contribution in [0.2, 0.25) is 0 Å². The number of aryl methyl sites for hydroxylation is 3. The molecule has 0 saturated carbocycles. The van der Waals surface area contributed by atoms with Crippen molar-refractivity contribution in [3.63, 3.8) is 0 Å². The maximum Gasteiger partial charge on any atom is 0.168 e. The maximum absolute atomic E-state index is 4.54. The highest BCUT2D eigenvalue weighted by molar-refractivity contribution is 5.89. The van der Waals surface area contributed by atoms with Crippen molar-refractivity contribution in [3.05, 3.63) is 71.7 Å². The van der Waals surface area contributed by atoms with Gasteiger partial charge in [0.1, 0.15) is 12.1 Å². The van der Waals surface area contributed by atoms with Crippen molar-refractivity contribution in [1.29, 1.82) is 0 Å². The number of hydrogen-bond donors (Lipinski definition) is 1. The fraction of sp³-hybridized carbons (Fsp3) is 0.150. The van der Waals surface area contributed by atoms with Crippen molar-refractivity contribution in [2.24, 2.45) is 0 Å².